The second kappa shape index (κ2) is 6.14. The number of hydrogen-bond acceptors (Lipinski definition) is 3. The van der Waals surface area contributed by atoms with E-state index in [1.165, 1.54) is 4.90 Å². The molecule has 2 atom stereocenters. The van der Waals surface area contributed by atoms with Crippen molar-refractivity contribution in [3.8, 4) is 0 Å². The molecule has 0 aliphatic carbocycles. The predicted molar refractivity (Wildman–Crippen MR) is 73.0 cm³/mol. The summed E-state index contributed by atoms with van der Waals surface area (Å²) in [7, 11) is 0. The second-order valence-electron chi connectivity index (χ2n) is 4.69. The first-order valence-electron chi connectivity index (χ1n) is 6.09. The van der Waals surface area contributed by atoms with Gasteiger partial charge in [-0.15, -0.1) is 0 Å². The molecular formula is C13H15BrN2O3. The van der Waals surface area contributed by atoms with Crippen molar-refractivity contribution in [3.63, 3.8) is 0 Å². The van der Waals surface area contributed by atoms with Crippen molar-refractivity contribution in [2.45, 2.75) is 18.9 Å². The molecule has 102 valence electrons. The van der Waals surface area contributed by atoms with E-state index in [9.17, 15) is 14.7 Å². The zero-order valence-corrected chi connectivity index (χ0v) is 11.9. The van der Waals surface area contributed by atoms with Crippen LogP contribution in [0.15, 0.2) is 24.5 Å². The normalized spacial score (nSPS) is 20.6. The van der Waals surface area contributed by atoms with Crippen LogP contribution in [0, 0.1) is 5.92 Å². The van der Waals surface area contributed by atoms with E-state index in [1.54, 1.807) is 18.5 Å². The van der Waals surface area contributed by atoms with Crippen LogP contribution >= 0.6 is 15.9 Å². The van der Waals surface area contributed by atoms with E-state index in [0.29, 0.717) is 24.7 Å². The average molecular weight is 327 g/mol. The molecule has 2 rings (SSSR count). The van der Waals surface area contributed by atoms with E-state index in [2.05, 4.69) is 20.9 Å². The largest absolute Gasteiger partial charge is 0.480 e. The third-order valence-corrected chi connectivity index (χ3v) is 4.19. The quantitative estimate of drug-likeness (QED) is 0.828. The third-order valence-electron chi connectivity index (χ3n) is 3.27. The van der Waals surface area contributed by atoms with Gasteiger partial charge in [-0.1, -0.05) is 22.0 Å². The third kappa shape index (κ3) is 3.32. The Kier molecular flexibility index (Phi) is 4.52. The lowest BCUT2D eigenvalue weighted by molar-refractivity contribution is -0.148. The minimum atomic E-state index is -0.965. The van der Waals surface area contributed by atoms with Crippen molar-refractivity contribution < 1.29 is 14.7 Å². The zero-order chi connectivity index (χ0) is 13.8. The number of hydrogen-bond donors (Lipinski definition) is 1. The molecule has 2 heterocycles. The number of aromatic nitrogens is 1. The Bertz CT molecular complexity index is 466. The predicted octanol–water partition coefficient (Wildman–Crippen LogP) is 1.32. The van der Waals surface area contributed by atoms with Crippen molar-refractivity contribution in [1.29, 1.82) is 0 Å². The molecule has 5 nitrogen and oxygen atoms in total. The summed E-state index contributed by atoms with van der Waals surface area (Å²) in [4.78, 5) is 28.8. The Morgan fingerprint density at radius 2 is 2.42 bits per heavy atom. The van der Waals surface area contributed by atoms with Gasteiger partial charge in [-0.2, -0.15) is 0 Å². The van der Waals surface area contributed by atoms with E-state index < -0.39 is 12.0 Å². The molecule has 2 unspecified atom stereocenters. The van der Waals surface area contributed by atoms with Crippen molar-refractivity contribution in [2.24, 2.45) is 5.92 Å². The standard InChI is InChI=1S/C13H15BrN2O3/c14-6-10-5-12(17)16(8-10)11(13(18)19)4-9-2-1-3-15-7-9/h1-3,7,10-11H,4-6,8H2,(H,18,19). The van der Waals surface area contributed by atoms with Gasteiger partial charge in [0.15, 0.2) is 0 Å². The molecule has 1 N–H and O–H groups in total. The summed E-state index contributed by atoms with van der Waals surface area (Å²) in [5.41, 5.74) is 0.824. The van der Waals surface area contributed by atoms with Gasteiger partial charge < -0.3 is 10.0 Å². The molecule has 1 aromatic rings. The summed E-state index contributed by atoms with van der Waals surface area (Å²) in [6.45, 7) is 0.501. The lowest BCUT2D eigenvalue weighted by Crippen LogP contribution is -2.43. The summed E-state index contributed by atoms with van der Waals surface area (Å²) >= 11 is 3.35. The maximum Gasteiger partial charge on any atom is 0.326 e. The fourth-order valence-corrected chi connectivity index (χ4v) is 2.72. The van der Waals surface area contributed by atoms with E-state index in [-0.39, 0.29) is 11.8 Å². The molecule has 1 aliphatic rings. The fourth-order valence-electron chi connectivity index (χ4n) is 2.29. The van der Waals surface area contributed by atoms with Gasteiger partial charge in [-0.3, -0.25) is 9.78 Å². The number of carbonyl (C=O) groups excluding carboxylic acids is 1. The number of pyridine rings is 1. The Morgan fingerprint density at radius 1 is 1.63 bits per heavy atom. The smallest absolute Gasteiger partial charge is 0.326 e. The highest BCUT2D eigenvalue weighted by Crippen LogP contribution is 2.23. The monoisotopic (exact) mass is 326 g/mol. The van der Waals surface area contributed by atoms with Gasteiger partial charge in [0.05, 0.1) is 0 Å². The fraction of sp³-hybridized carbons (Fsp3) is 0.462. The molecule has 0 aromatic carbocycles. The van der Waals surface area contributed by atoms with Crippen LogP contribution in [-0.4, -0.2) is 44.8 Å². The van der Waals surface area contributed by atoms with Crippen LogP contribution in [-0.2, 0) is 16.0 Å². The highest BCUT2D eigenvalue weighted by Gasteiger charge is 2.37. The molecule has 19 heavy (non-hydrogen) atoms. The molecule has 1 fully saturated rings. The van der Waals surface area contributed by atoms with E-state index in [0.717, 1.165) is 5.56 Å². The van der Waals surface area contributed by atoms with Crippen molar-refractivity contribution in [2.75, 3.05) is 11.9 Å². The number of nitrogens with zero attached hydrogens (tertiary/aromatic N) is 2. The highest BCUT2D eigenvalue weighted by molar-refractivity contribution is 9.09. The van der Waals surface area contributed by atoms with Crippen molar-refractivity contribution in [1.82, 2.24) is 9.88 Å². The lowest BCUT2D eigenvalue weighted by atomic mass is 10.1. The van der Waals surface area contributed by atoms with Crippen molar-refractivity contribution >= 4 is 27.8 Å². The molecule has 0 bridgehead atoms. The first kappa shape index (κ1) is 14.0. The Morgan fingerprint density at radius 3 is 2.95 bits per heavy atom. The number of likely N-dealkylation sites (tertiary alicyclic amines) is 1. The SMILES string of the molecule is O=C(O)C(Cc1cccnc1)N1CC(CBr)CC1=O. The van der Waals surface area contributed by atoms with Gasteiger partial charge in [0, 0.05) is 37.1 Å². The molecule has 1 aliphatic heterocycles. The van der Waals surface area contributed by atoms with Gasteiger partial charge in [0.2, 0.25) is 5.91 Å². The summed E-state index contributed by atoms with van der Waals surface area (Å²) in [6.07, 6.45) is 3.99. The minimum absolute atomic E-state index is 0.0826. The van der Waals surface area contributed by atoms with Crippen LogP contribution in [0.1, 0.15) is 12.0 Å². The van der Waals surface area contributed by atoms with E-state index in [4.69, 9.17) is 0 Å². The number of aliphatic carboxylic acids is 1. The van der Waals surface area contributed by atoms with Crippen LogP contribution in [0.2, 0.25) is 0 Å². The molecular weight excluding hydrogens is 312 g/mol. The summed E-state index contributed by atoms with van der Waals surface area (Å²) in [6, 6.07) is 2.79. The highest BCUT2D eigenvalue weighted by atomic mass is 79.9. The maximum absolute atomic E-state index is 11.9. The van der Waals surface area contributed by atoms with Gasteiger partial charge in [0.1, 0.15) is 6.04 Å². The van der Waals surface area contributed by atoms with E-state index >= 15 is 0 Å². The molecule has 1 saturated heterocycles. The molecule has 1 amide bonds. The van der Waals surface area contributed by atoms with E-state index in [1.807, 2.05) is 6.07 Å². The zero-order valence-electron chi connectivity index (χ0n) is 10.3. The van der Waals surface area contributed by atoms with Gasteiger partial charge >= 0.3 is 5.97 Å². The molecule has 1 aromatic heterocycles. The number of amides is 1. The molecule has 0 radical (unpaired) electrons. The molecule has 6 heteroatoms. The Balaban J connectivity index is 2.13. The number of rotatable bonds is 5. The first-order valence-corrected chi connectivity index (χ1v) is 7.21. The minimum Gasteiger partial charge on any atom is -0.480 e. The number of alkyl halides is 1. The summed E-state index contributed by atoms with van der Waals surface area (Å²) in [5, 5.41) is 10.1. The topological polar surface area (TPSA) is 70.5 Å². The second-order valence-corrected chi connectivity index (χ2v) is 5.34. The number of carboxylic acid groups (broad SMARTS) is 1. The average Bonchev–Trinajstić information content (AvgIpc) is 2.78. The number of halogens is 1. The first-order chi connectivity index (χ1) is 9.11. The van der Waals surface area contributed by atoms with Gasteiger partial charge in [-0.05, 0) is 17.5 Å². The van der Waals surface area contributed by atoms with Gasteiger partial charge in [-0.25, -0.2) is 4.79 Å². The molecule has 0 saturated carbocycles. The van der Waals surface area contributed by atoms with Gasteiger partial charge in [0.25, 0.3) is 0 Å². The molecule has 0 spiro atoms. The van der Waals surface area contributed by atoms with Crippen molar-refractivity contribution in [3.05, 3.63) is 30.1 Å². The maximum atomic E-state index is 11.9. The van der Waals surface area contributed by atoms with Crippen LogP contribution in [0.25, 0.3) is 0 Å². The number of carbonyl (C=O) groups is 2. The van der Waals surface area contributed by atoms with Crippen LogP contribution in [0.4, 0.5) is 0 Å². The number of carboxylic acids is 1. The summed E-state index contributed by atoms with van der Waals surface area (Å²) < 4.78 is 0. The summed E-state index contributed by atoms with van der Waals surface area (Å²) in [5.74, 6) is -0.851. The Labute approximate surface area is 119 Å². The Hall–Kier alpha value is -1.43. The van der Waals surface area contributed by atoms with Crippen LogP contribution in [0.3, 0.4) is 0 Å². The van der Waals surface area contributed by atoms with Crippen LogP contribution < -0.4 is 0 Å². The lowest BCUT2D eigenvalue weighted by Gasteiger charge is -2.24. The van der Waals surface area contributed by atoms with Crippen LogP contribution in [0.5, 0.6) is 0 Å².